The van der Waals surface area contributed by atoms with Crippen LogP contribution in [0.4, 0.5) is 0 Å². The maximum Gasteiger partial charge on any atom is -0.00195 e. The third-order valence-electron chi connectivity index (χ3n) is 3.99. The van der Waals surface area contributed by atoms with Crippen molar-refractivity contribution in [2.45, 2.75) is 78.6 Å². The monoisotopic (exact) mass is 241 g/mol. The van der Waals surface area contributed by atoms with Crippen molar-refractivity contribution in [2.75, 3.05) is 20.6 Å². The van der Waals surface area contributed by atoms with Crippen LogP contribution >= 0.6 is 0 Å². The number of hydrogen-bond donors (Lipinski definition) is 0. The third-order valence-corrected chi connectivity index (χ3v) is 3.99. The van der Waals surface area contributed by atoms with Crippen molar-refractivity contribution in [3.8, 4) is 0 Å². The normalized spacial score (nSPS) is 12.4. The molecule has 0 bridgehead atoms. The molecule has 1 heteroatoms. The Bertz CT molecular complexity index is 155. The van der Waals surface area contributed by atoms with Gasteiger partial charge in [0.1, 0.15) is 0 Å². The standard InChI is InChI=1S/C16H35N/c1-6-9-12-16(11-8-3,13-10-7-2)14-15-17(4)5/h6-15H2,1-5H3. The fraction of sp³-hybridized carbons (Fsp3) is 1.00. The topological polar surface area (TPSA) is 3.24 Å². The Morgan fingerprint density at radius 1 is 0.706 bits per heavy atom. The van der Waals surface area contributed by atoms with Gasteiger partial charge in [-0.2, -0.15) is 0 Å². The van der Waals surface area contributed by atoms with E-state index in [2.05, 4.69) is 39.8 Å². The van der Waals surface area contributed by atoms with Crippen molar-refractivity contribution in [3.63, 3.8) is 0 Å². The van der Waals surface area contributed by atoms with Gasteiger partial charge < -0.3 is 4.90 Å². The van der Waals surface area contributed by atoms with Crippen molar-refractivity contribution < 1.29 is 0 Å². The fourth-order valence-corrected chi connectivity index (χ4v) is 2.84. The summed E-state index contributed by atoms with van der Waals surface area (Å²) in [5.41, 5.74) is 0.644. The summed E-state index contributed by atoms with van der Waals surface area (Å²) >= 11 is 0. The van der Waals surface area contributed by atoms with Crippen molar-refractivity contribution in [3.05, 3.63) is 0 Å². The van der Waals surface area contributed by atoms with Crippen LogP contribution in [-0.2, 0) is 0 Å². The van der Waals surface area contributed by atoms with E-state index in [1.54, 1.807) is 0 Å². The molecule has 17 heavy (non-hydrogen) atoms. The molecule has 0 aromatic carbocycles. The lowest BCUT2D eigenvalue weighted by atomic mass is 9.72. The van der Waals surface area contributed by atoms with Gasteiger partial charge in [-0.1, -0.05) is 52.9 Å². The summed E-state index contributed by atoms with van der Waals surface area (Å²) in [6.45, 7) is 8.25. The van der Waals surface area contributed by atoms with Crippen molar-refractivity contribution >= 4 is 0 Å². The fourth-order valence-electron chi connectivity index (χ4n) is 2.84. The summed E-state index contributed by atoms with van der Waals surface area (Å²) in [7, 11) is 4.41. The van der Waals surface area contributed by atoms with E-state index in [1.807, 2.05) is 0 Å². The highest BCUT2D eigenvalue weighted by Gasteiger charge is 2.27. The summed E-state index contributed by atoms with van der Waals surface area (Å²) in [5, 5.41) is 0. The second kappa shape index (κ2) is 9.94. The zero-order valence-corrected chi connectivity index (χ0v) is 13.0. The molecule has 0 saturated heterocycles. The molecule has 0 heterocycles. The Hall–Kier alpha value is -0.0400. The molecular weight excluding hydrogens is 206 g/mol. The van der Waals surface area contributed by atoms with E-state index < -0.39 is 0 Å². The van der Waals surface area contributed by atoms with Crippen LogP contribution in [0.15, 0.2) is 0 Å². The first-order valence-corrected chi connectivity index (χ1v) is 7.75. The van der Waals surface area contributed by atoms with Gasteiger partial charge in [0, 0.05) is 0 Å². The number of rotatable bonds is 11. The first kappa shape index (κ1) is 17.0. The maximum absolute atomic E-state index is 2.35. The summed E-state index contributed by atoms with van der Waals surface area (Å²) < 4.78 is 0. The van der Waals surface area contributed by atoms with Gasteiger partial charge in [0.05, 0.1) is 0 Å². The Morgan fingerprint density at radius 3 is 1.59 bits per heavy atom. The molecule has 0 N–H and O–H groups in total. The van der Waals surface area contributed by atoms with E-state index >= 15 is 0 Å². The van der Waals surface area contributed by atoms with Crippen LogP contribution in [-0.4, -0.2) is 25.5 Å². The zero-order valence-electron chi connectivity index (χ0n) is 13.0. The van der Waals surface area contributed by atoms with Crippen molar-refractivity contribution in [1.29, 1.82) is 0 Å². The van der Waals surface area contributed by atoms with Crippen molar-refractivity contribution in [1.82, 2.24) is 4.90 Å². The molecule has 0 spiro atoms. The minimum Gasteiger partial charge on any atom is -0.309 e. The largest absolute Gasteiger partial charge is 0.309 e. The van der Waals surface area contributed by atoms with Crippen LogP contribution in [0.3, 0.4) is 0 Å². The van der Waals surface area contributed by atoms with Crippen LogP contribution in [0.25, 0.3) is 0 Å². The molecule has 0 unspecified atom stereocenters. The predicted molar refractivity (Wildman–Crippen MR) is 79.6 cm³/mol. The lowest BCUT2D eigenvalue weighted by Crippen LogP contribution is -2.27. The summed E-state index contributed by atoms with van der Waals surface area (Å²) in [4.78, 5) is 2.35. The van der Waals surface area contributed by atoms with Crippen molar-refractivity contribution in [2.24, 2.45) is 5.41 Å². The van der Waals surface area contributed by atoms with Crippen LogP contribution in [0.2, 0.25) is 0 Å². The lowest BCUT2D eigenvalue weighted by Gasteiger charge is -2.35. The molecule has 0 fully saturated rings. The molecule has 0 radical (unpaired) electrons. The summed E-state index contributed by atoms with van der Waals surface area (Å²) in [6, 6.07) is 0. The first-order valence-electron chi connectivity index (χ1n) is 7.75. The second-order valence-corrected chi connectivity index (χ2v) is 6.01. The van der Waals surface area contributed by atoms with E-state index in [9.17, 15) is 0 Å². The van der Waals surface area contributed by atoms with Gasteiger partial charge in [0.15, 0.2) is 0 Å². The molecule has 0 rings (SSSR count). The van der Waals surface area contributed by atoms with Gasteiger partial charge in [-0.25, -0.2) is 0 Å². The number of unbranched alkanes of at least 4 members (excludes halogenated alkanes) is 2. The van der Waals surface area contributed by atoms with Crippen LogP contribution < -0.4 is 0 Å². The SMILES string of the molecule is CCCCC(CCC)(CCCC)CCN(C)C. The minimum absolute atomic E-state index is 0.644. The van der Waals surface area contributed by atoms with Gasteiger partial charge in [-0.15, -0.1) is 0 Å². The highest BCUT2D eigenvalue weighted by atomic mass is 15.0. The smallest absolute Gasteiger partial charge is 0.00195 e. The highest BCUT2D eigenvalue weighted by Crippen LogP contribution is 2.39. The summed E-state index contributed by atoms with van der Waals surface area (Å²) in [6.07, 6.45) is 12.6. The molecule has 0 atom stereocenters. The van der Waals surface area contributed by atoms with Gasteiger partial charge in [-0.3, -0.25) is 0 Å². The molecule has 0 aromatic rings. The van der Waals surface area contributed by atoms with Gasteiger partial charge in [0.25, 0.3) is 0 Å². The van der Waals surface area contributed by atoms with Gasteiger partial charge >= 0.3 is 0 Å². The predicted octanol–water partition coefficient (Wildman–Crippen LogP) is 5.11. The molecule has 0 aliphatic heterocycles. The molecule has 0 aromatic heterocycles. The molecule has 0 aliphatic rings. The van der Waals surface area contributed by atoms with Crippen LogP contribution in [0.5, 0.6) is 0 Å². The third kappa shape index (κ3) is 7.81. The Kier molecular flexibility index (Phi) is 9.91. The first-order chi connectivity index (χ1) is 8.10. The second-order valence-electron chi connectivity index (χ2n) is 6.01. The quantitative estimate of drug-likeness (QED) is 0.486. The minimum atomic E-state index is 0.644. The molecular formula is C16H35N. The average Bonchev–Trinajstić information content (AvgIpc) is 2.31. The van der Waals surface area contributed by atoms with Gasteiger partial charge in [-0.05, 0) is 51.7 Å². The maximum atomic E-state index is 2.35. The van der Waals surface area contributed by atoms with Crippen LogP contribution in [0, 0.1) is 5.41 Å². The molecule has 0 aliphatic carbocycles. The number of nitrogens with zero attached hydrogens (tertiary/aromatic N) is 1. The average molecular weight is 241 g/mol. The zero-order chi connectivity index (χ0) is 13.1. The van der Waals surface area contributed by atoms with E-state index in [0.29, 0.717) is 5.41 Å². The van der Waals surface area contributed by atoms with E-state index in [-0.39, 0.29) is 0 Å². The van der Waals surface area contributed by atoms with Crippen LogP contribution in [0.1, 0.15) is 78.6 Å². The highest BCUT2D eigenvalue weighted by molar-refractivity contribution is 4.80. The number of hydrogen-bond acceptors (Lipinski definition) is 1. The Labute approximate surface area is 110 Å². The van der Waals surface area contributed by atoms with E-state index in [4.69, 9.17) is 0 Å². The Morgan fingerprint density at radius 2 is 1.24 bits per heavy atom. The Balaban J connectivity index is 4.43. The molecule has 104 valence electrons. The molecule has 0 saturated carbocycles. The van der Waals surface area contributed by atoms with E-state index in [1.165, 1.54) is 64.3 Å². The molecule has 1 nitrogen and oxygen atoms in total. The molecule has 0 amide bonds. The van der Waals surface area contributed by atoms with Gasteiger partial charge in [0.2, 0.25) is 0 Å². The summed E-state index contributed by atoms with van der Waals surface area (Å²) in [5.74, 6) is 0. The lowest BCUT2D eigenvalue weighted by molar-refractivity contribution is 0.165. The van der Waals surface area contributed by atoms with E-state index in [0.717, 1.165) is 0 Å².